The van der Waals surface area contributed by atoms with E-state index in [1.165, 1.54) is 0 Å². The number of urea groups is 1. The summed E-state index contributed by atoms with van der Waals surface area (Å²) in [5.41, 5.74) is 2.11. The van der Waals surface area contributed by atoms with E-state index >= 15 is 0 Å². The lowest BCUT2D eigenvalue weighted by Gasteiger charge is -2.13. The third kappa shape index (κ3) is 4.55. The van der Waals surface area contributed by atoms with E-state index in [1.54, 1.807) is 60.0 Å². The van der Waals surface area contributed by atoms with Gasteiger partial charge in [-0.15, -0.1) is 0 Å². The Kier molecular flexibility index (Phi) is 5.93. The molecule has 0 aliphatic carbocycles. The number of aromatic nitrogens is 2. The first-order valence-corrected chi connectivity index (χ1v) is 10.2. The fourth-order valence-electron chi connectivity index (χ4n) is 3.24. The summed E-state index contributed by atoms with van der Waals surface area (Å²) in [4.78, 5) is 30.1. The molecule has 0 spiro atoms. The van der Waals surface area contributed by atoms with Gasteiger partial charge in [-0.05, 0) is 48.9 Å². The Hall–Kier alpha value is -3.35. The van der Waals surface area contributed by atoms with Gasteiger partial charge in [-0.2, -0.15) is 0 Å². The third-order valence-corrected chi connectivity index (χ3v) is 5.51. The molecule has 0 bridgehead atoms. The van der Waals surface area contributed by atoms with Gasteiger partial charge in [0.1, 0.15) is 5.82 Å². The molecule has 3 aromatic carbocycles. The standard InChI is InChI=1S/C23H18Cl2N4O2/c1-14-26-20-11-10-16(27-23(31)28-21-9-5-4-8-19(21)25)12-17(20)22(30)29(14)13-15-6-2-3-7-18(15)24/h2-12H,13H2,1H3,(H2,27,28,31). The molecule has 156 valence electrons. The molecule has 2 amide bonds. The first kappa shape index (κ1) is 20.9. The summed E-state index contributed by atoms with van der Waals surface area (Å²) in [6.07, 6.45) is 0. The first-order chi connectivity index (χ1) is 14.9. The van der Waals surface area contributed by atoms with Crippen molar-refractivity contribution in [2.24, 2.45) is 0 Å². The van der Waals surface area contributed by atoms with Crippen LogP contribution in [0.5, 0.6) is 0 Å². The number of carbonyl (C=O) groups excluding carboxylic acids is 1. The number of halogens is 2. The molecule has 0 unspecified atom stereocenters. The molecule has 4 aromatic rings. The highest BCUT2D eigenvalue weighted by Gasteiger charge is 2.12. The Bertz CT molecular complexity index is 1350. The molecular formula is C23H18Cl2N4O2. The zero-order chi connectivity index (χ0) is 22.0. The molecule has 0 aliphatic rings. The number of benzene rings is 3. The van der Waals surface area contributed by atoms with Crippen LogP contribution >= 0.6 is 23.2 Å². The van der Waals surface area contributed by atoms with Crippen LogP contribution in [-0.4, -0.2) is 15.6 Å². The minimum Gasteiger partial charge on any atom is -0.308 e. The van der Waals surface area contributed by atoms with Gasteiger partial charge >= 0.3 is 6.03 Å². The Morgan fingerprint density at radius 2 is 1.68 bits per heavy atom. The molecule has 31 heavy (non-hydrogen) atoms. The maximum Gasteiger partial charge on any atom is 0.323 e. The molecule has 1 aromatic heterocycles. The first-order valence-electron chi connectivity index (χ1n) is 9.49. The molecule has 0 fully saturated rings. The van der Waals surface area contributed by atoms with E-state index in [0.717, 1.165) is 5.56 Å². The molecule has 0 aliphatic heterocycles. The van der Waals surface area contributed by atoms with Gasteiger partial charge in [0.05, 0.1) is 28.2 Å². The van der Waals surface area contributed by atoms with Crippen LogP contribution in [0.2, 0.25) is 10.0 Å². The number of hydrogen-bond donors (Lipinski definition) is 2. The summed E-state index contributed by atoms with van der Waals surface area (Å²) in [6.45, 7) is 2.08. The van der Waals surface area contributed by atoms with Gasteiger partial charge in [-0.3, -0.25) is 9.36 Å². The molecule has 4 rings (SSSR count). The van der Waals surface area contributed by atoms with Gasteiger partial charge in [-0.25, -0.2) is 9.78 Å². The minimum absolute atomic E-state index is 0.211. The number of para-hydroxylation sites is 1. The fraction of sp³-hybridized carbons (Fsp3) is 0.0870. The van der Waals surface area contributed by atoms with Crippen molar-refractivity contribution in [1.82, 2.24) is 9.55 Å². The van der Waals surface area contributed by atoms with Crippen LogP contribution in [0.1, 0.15) is 11.4 Å². The van der Waals surface area contributed by atoms with Crippen LogP contribution < -0.4 is 16.2 Å². The molecule has 1 heterocycles. The highest BCUT2D eigenvalue weighted by molar-refractivity contribution is 6.33. The maximum atomic E-state index is 13.2. The van der Waals surface area contributed by atoms with E-state index in [1.807, 2.05) is 18.2 Å². The number of amides is 2. The molecule has 8 heteroatoms. The lowest BCUT2D eigenvalue weighted by molar-refractivity contribution is 0.262. The number of nitrogens with zero attached hydrogens (tertiary/aromatic N) is 2. The van der Waals surface area contributed by atoms with Crippen LogP contribution in [-0.2, 0) is 6.54 Å². The Morgan fingerprint density at radius 3 is 2.42 bits per heavy atom. The summed E-state index contributed by atoms with van der Waals surface area (Å²) >= 11 is 12.3. The van der Waals surface area contributed by atoms with E-state index in [4.69, 9.17) is 23.2 Å². The van der Waals surface area contributed by atoms with E-state index in [9.17, 15) is 9.59 Å². The van der Waals surface area contributed by atoms with Gasteiger partial charge in [0.2, 0.25) is 0 Å². The second kappa shape index (κ2) is 8.79. The van der Waals surface area contributed by atoms with Crippen molar-refractivity contribution in [3.63, 3.8) is 0 Å². The average Bonchev–Trinajstić information content (AvgIpc) is 2.74. The molecule has 0 saturated heterocycles. The number of rotatable bonds is 4. The Balaban J connectivity index is 1.63. The van der Waals surface area contributed by atoms with Crippen LogP contribution in [0, 0.1) is 6.92 Å². The topological polar surface area (TPSA) is 76.0 Å². The minimum atomic E-state index is -0.469. The summed E-state index contributed by atoms with van der Waals surface area (Å²) < 4.78 is 1.57. The third-order valence-electron chi connectivity index (χ3n) is 4.81. The maximum absolute atomic E-state index is 13.2. The SMILES string of the molecule is Cc1nc2ccc(NC(=O)Nc3ccccc3Cl)cc2c(=O)n1Cc1ccccc1Cl. The number of anilines is 2. The lowest BCUT2D eigenvalue weighted by Crippen LogP contribution is -2.25. The zero-order valence-corrected chi connectivity index (χ0v) is 18.0. The predicted octanol–water partition coefficient (Wildman–Crippen LogP) is 5.70. The predicted molar refractivity (Wildman–Crippen MR) is 125 cm³/mol. The second-order valence-electron chi connectivity index (χ2n) is 6.93. The van der Waals surface area contributed by atoms with Gasteiger partial charge in [0.25, 0.3) is 5.56 Å². The number of fused-ring (bicyclic) bond motifs is 1. The van der Waals surface area contributed by atoms with E-state index in [-0.39, 0.29) is 5.56 Å². The number of nitrogens with one attached hydrogen (secondary N) is 2. The van der Waals surface area contributed by atoms with Crippen LogP contribution in [0.4, 0.5) is 16.2 Å². The van der Waals surface area contributed by atoms with Crippen molar-refractivity contribution in [2.75, 3.05) is 10.6 Å². The molecule has 0 atom stereocenters. The number of aryl methyl sites for hydroxylation is 1. The summed E-state index contributed by atoms with van der Waals surface area (Å²) in [7, 11) is 0. The van der Waals surface area contributed by atoms with Gasteiger partial charge < -0.3 is 10.6 Å². The Morgan fingerprint density at radius 1 is 0.968 bits per heavy atom. The van der Waals surface area contributed by atoms with Crippen LogP contribution in [0.3, 0.4) is 0 Å². The fourth-order valence-corrected chi connectivity index (χ4v) is 3.62. The van der Waals surface area contributed by atoms with Gasteiger partial charge in [0.15, 0.2) is 0 Å². The monoisotopic (exact) mass is 452 g/mol. The lowest BCUT2D eigenvalue weighted by atomic mass is 10.2. The van der Waals surface area contributed by atoms with Crippen molar-refractivity contribution >= 4 is 51.5 Å². The van der Waals surface area contributed by atoms with E-state index < -0.39 is 6.03 Å². The van der Waals surface area contributed by atoms with Crippen molar-refractivity contribution in [1.29, 1.82) is 0 Å². The highest BCUT2D eigenvalue weighted by Crippen LogP contribution is 2.22. The molecule has 0 saturated carbocycles. The number of hydrogen-bond acceptors (Lipinski definition) is 3. The second-order valence-corrected chi connectivity index (χ2v) is 7.75. The van der Waals surface area contributed by atoms with Crippen molar-refractivity contribution < 1.29 is 4.79 Å². The molecule has 6 nitrogen and oxygen atoms in total. The summed E-state index contributed by atoms with van der Waals surface area (Å²) in [6, 6.07) is 18.8. The van der Waals surface area contributed by atoms with E-state index in [0.29, 0.717) is 44.7 Å². The zero-order valence-electron chi connectivity index (χ0n) is 16.5. The summed E-state index contributed by atoms with van der Waals surface area (Å²) in [5, 5.41) is 6.82. The quantitative estimate of drug-likeness (QED) is 0.416. The normalized spacial score (nSPS) is 10.8. The van der Waals surface area contributed by atoms with Crippen molar-refractivity contribution in [3.05, 3.63) is 98.5 Å². The molecule has 0 radical (unpaired) electrons. The molecular weight excluding hydrogens is 435 g/mol. The average molecular weight is 453 g/mol. The van der Waals surface area contributed by atoms with Crippen LogP contribution in [0.15, 0.2) is 71.5 Å². The highest BCUT2D eigenvalue weighted by atomic mass is 35.5. The Labute approximate surface area is 188 Å². The smallest absolute Gasteiger partial charge is 0.308 e. The molecule has 2 N–H and O–H groups in total. The number of carbonyl (C=O) groups is 1. The van der Waals surface area contributed by atoms with Crippen molar-refractivity contribution in [3.8, 4) is 0 Å². The van der Waals surface area contributed by atoms with Gasteiger partial charge in [0, 0.05) is 10.7 Å². The van der Waals surface area contributed by atoms with Crippen molar-refractivity contribution in [2.45, 2.75) is 13.5 Å². The summed E-state index contributed by atoms with van der Waals surface area (Å²) in [5.74, 6) is 0.578. The largest absolute Gasteiger partial charge is 0.323 e. The van der Waals surface area contributed by atoms with Gasteiger partial charge in [-0.1, -0.05) is 53.5 Å². The van der Waals surface area contributed by atoms with E-state index in [2.05, 4.69) is 15.6 Å². The van der Waals surface area contributed by atoms with Crippen LogP contribution in [0.25, 0.3) is 10.9 Å².